The quantitative estimate of drug-likeness (QED) is 0.607. The predicted octanol–water partition coefficient (Wildman–Crippen LogP) is 4.36. The molecular weight excluding hydrogens is 445 g/mol. The maximum atomic E-state index is 13.1. The molecule has 2 aromatic heterocycles. The summed E-state index contributed by atoms with van der Waals surface area (Å²) in [5.41, 5.74) is 0.841. The van der Waals surface area contributed by atoms with E-state index >= 15 is 0 Å². The molecule has 30 heavy (non-hydrogen) atoms. The van der Waals surface area contributed by atoms with Gasteiger partial charge in [0.25, 0.3) is 0 Å². The van der Waals surface area contributed by atoms with E-state index in [1.54, 1.807) is 11.3 Å². The van der Waals surface area contributed by atoms with Crippen LogP contribution in [0.5, 0.6) is 0 Å². The van der Waals surface area contributed by atoms with Crippen LogP contribution >= 0.6 is 22.7 Å². The number of halogens is 1. The second-order valence-corrected chi connectivity index (χ2v) is 11.2. The number of benzene rings is 1. The summed E-state index contributed by atoms with van der Waals surface area (Å²) in [7, 11) is -3.69. The number of carbonyl (C=O) groups excluding carboxylic acids is 1. The minimum Gasteiger partial charge on any atom is -0.302 e. The predicted molar refractivity (Wildman–Crippen MR) is 117 cm³/mol. The van der Waals surface area contributed by atoms with Gasteiger partial charge in [0, 0.05) is 29.3 Å². The third-order valence-corrected chi connectivity index (χ3v) is 8.70. The summed E-state index contributed by atoms with van der Waals surface area (Å²) in [6.45, 7) is 2.52. The van der Waals surface area contributed by atoms with E-state index < -0.39 is 15.8 Å². The zero-order chi connectivity index (χ0) is 21.3. The van der Waals surface area contributed by atoms with Crippen LogP contribution in [0.4, 0.5) is 9.52 Å². The van der Waals surface area contributed by atoms with Crippen molar-refractivity contribution in [3.8, 4) is 10.6 Å². The first kappa shape index (κ1) is 21.1. The molecule has 0 atom stereocenters. The van der Waals surface area contributed by atoms with E-state index in [9.17, 15) is 17.6 Å². The second kappa shape index (κ2) is 8.54. The van der Waals surface area contributed by atoms with Gasteiger partial charge in [0.2, 0.25) is 15.9 Å². The summed E-state index contributed by atoms with van der Waals surface area (Å²) in [5, 5.41) is 5.32. The molecule has 0 aliphatic carbocycles. The molecule has 3 heterocycles. The number of thiazole rings is 1. The number of nitrogens with one attached hydrogen (secondary N) is 1. The molecule has 1 aliphatic rings. The highest BCUT2D eigenvalue weighted by atomic mass is 32.2. The smallest absolute Gasteiger partial charge is 0.243 e. The highest BCUT2D eigenvalue weighted by molar-refractivity contribution is 7.89. The third-order valence-electron chi connectivity index (χ3n) is 5.00. The lowest BCUT2D eigenvalue weighted by atomic mass is 9.97. The van der Waals surface area contributed by atoms with Gasteiger partial charge in [-0.1, -0.05) is 0 Å². The van der Waals surface area contributed by atoms with E-state index in [0.717, 1.165) is 22.7 Å². The highest BCUT2D eigenvalue weighted by Crippen LogP contribution is 2.31. The number of anilines is 1. The maximum absolute atomic E-state index is 13.1. The van der Waals surface area contributed by atoms with E-state index in [1.165, 1.54) is 32.7 Å². The van der Waals surface area contributed by atoms with E-state index in [2.05, 4.69) is 10.3 Å². The number of aromatic nitrogens is 1. The van der Waals surface area contributed by atoms with Gasteiger partial charge < -0.3 is 5.32 Å². The molecule has 6 nitrogen and oxygen atoms in total. The summed E-state index contributed by atoms with van der Waals surface area (Å²) in [5.74, 6) is -0.901. The average molecular weight is 466 g/mol. The highest BCUT2D eigenvalue weighted by Gasteiger charge is 2.32. The van der Waals surface area contributed by atoms with Crippen LogP contribution in [-0.4, -0.2) is 36.7 Å². The number of nitrogens with zero attached hydrogens (tertiary/aromatic N) is 2. The number of hydrogen-bond donors (Lipinski definition) is 1. The summed E-state index contributed by atoms with van der Waals surface area (Å²) >= 11 is 3.03. The number of thiophene rings is 1. The number of carbonyl (C=O) groups is 1. The Morgan fingerprint density at radius 2 is 1.87 bits per heavy atom. The van der Waals surface area contributed by atoms with Crippen LogP contribution in [0.15, 0.2) is 46.7 Å². The Balaban J connectivity index is 1.35. The average Bonchev–Trinajstić information content (AvgIpc) is 3.37. The van der Waals surface area contributed by atoms with Gasteiger partial charge in [-0.05, 0) is 56.2 Å². The Labute approximate surface area is 182 Å². The number of hydrogen-bond acceptors (Lipinski definition) is 6. The number of amides is 1. The van der Waals surface area contributed by atoms with Crippen molar-refractivity contribution in [2.45, 2.75) is 24.7 Å². The molecular formula is C20H20FN3O3S3. The number of piperidine rings is 1. The first-order chi connectivity index (χ1) is 14.3. The Morgan fingerprint density at radius 3 is 2.50 bits per heavy atom. The normalized spacial score (nSPS) is 15.9. The largest absolute Gasteiger partial charge is 0.302 e. The van der Waals surface area contributed by atoms with Crippen molar-refractivity contribution < 1.29 is 17.6 Å². The molecule has 1 aliphatic heterocycles. The lowest BCUT2D eigenvalue weighted by molar-refractivity contribution is -0.120. The van der Waals surface area contributed by atoms with Crippen molar-refractivity contribution in [1.29, 1.82) is 0 Å². The van der Waals surface area contributed by atoms with Crippen molar-refractivity contribution in [3.63, 3.8) is 0 Å². The minimum atomic E-state index is -3.69. The molecule has 4 rings (SSSR count). The van der Waals surface area contributed by atoms with Crippen LogP contribution in [-0.2, 0) is 14.8 Å². The van der Waals surface area contributed by atoms with Gasteiger partial charge in [0.1, 0.15) is 5.82 Å². The van der Waals surface area contributed by atoms with Gasteiger partial charge >= 0.3 is 0 Å². The molecule has 0 unspecified atom stereocenters. The fraction of sp³-hybridized carbons (Fsp3) is 0.300. The molecule has 1 fully saturated rings. The number of aryl methyl sites for hydroxylation is 1. The van der Waals surface area contributed by atoms with Crippen molar-refractivity contribution in [2.75, 3.05) is 18.4 Å². The monoisotopic (exact) mass is 465 g/mol. The fourth-order valence-electron chi connectivity index (χ4n) is 3.34. The zero-order valence-electron chi connectivity index (χ0n) is 16.2. The van der Waals surface area contributed by atoms with E-state index in [0.29, 0.717) is 18.0 Å². The molecule has 0 spiro atoms. The summed E-state index contributed by atoms with van der Waals surface area (Å²) < 4.78 is 39.8. The van der Waals surface area contributed by atoms with E-state index in [1.807, 2.05) is 24.4 Å². The van der Waals surface area contributed by atoms with Gasteiger partial charge in [0.15, 0.2) is 5.13 Å². The summed E-state index contributed by atoms with van der Waals surface area (Å²) in [6, 6.07) is 8.83. The Kier molecular flexibility index (Phi) is 6.01. The van der Waals surface area contributed by atoms with Crippen LogP contribution in [0.3, 0.4) is 0 Å². The molecule has 1 aromatic carbocycles. The Hall–Kier alpha value is -2.14. The van der Waals surface area contributed by atoms with Crippen molar-refractivity contribution in [2.24, 2.45) is 5.92 Å². The lowest BCUT2D eigenvalue weighted by Gasteiger charge is -2.30. The van der Waals surface area contributed by atoms with Gasteiger partial charge in [-0.25, -0.2) is 17.8 Å². The van der Waals surface area contributed by atoms with Crippen LogP contribution in [0, 0.1) is 18.7 Å². The van der Waals surface area contributed by atoms with Gasteiger partial charge in [0.05, 0.1) is 15.5 Å². The molecule has 0 saturated carbocycles. The molecule has 10 heteroatoms. The van der Waals surface area contributed by atoms with Crippen LogP contribution in [0.25, 0.3) is 10.6 Å². The second-order valence-electron chi connectivity index (χ2n) is 7.07. The molecule has 158 valence electrons. The molecule has 3 aromatic rings. The number of rotatable bonds is 5. The molecule has 0 bridgehead atoms. The summed E-state index contributed by atoms with van der Waals surface area (Å²) in [6.07, 6.45) is 0.850. The lowest BCUT2D eigenvalue weighted by Crippen LogP contribution is -2.41. The van der Waals surface area contributed by atoms with Crippen LogP contribution in [0.2, 0.25) is 0 Å². The first-order valence-electron chi connectivity index (χ1n) is 9.42. The molecule has 1 N–H and O–H groups in total. The SMILES string of the molecule is Cc1ccc(-c2csc(NC(=O)C3CCN(S(=O)(=O)c4ccc(F)cc4)CC3)n2)s1. The molecule has 1 saturated heterocycles. The first-order valence-corrected chi connectivity index (χ1v) is 12.6. The van der Waals surface area contributed by atoms with E-state index in [4.69, 9.17) is 0 Å². The van der Waals surface area contributed by atoms with Crippen molar-refractivity contribution >= 4 is 43.7 Å². The Morgan fingerprint density at radius 1 is 1.17 bits per heavy atom. The van der Waals surface area contributed by atoms with Gasteiger partial charge in [-0.2, -0.15) is 4.31 Å². The van der Waals surface area contributed by atoms with Crippen molar-refractivity contribution in [3.05, 3.63) is 52.5 Å². The van der Waals surface area contributed by atoms with Crippen LogP contribution < -0.4 is 5.32 Å². The Bertz CT molecular complexity index is 1150. The topological polar surface area (TPSA) is 79.4 Å². The minimum absolute atomic E-state index is 0.0610. The third kappa shape index (κ3) is 4.46. The van der Waals surface area contributed by atoms with E-state index in [-0.39, 0.29) is 29.8 Å². The maximum Gasteiger partial charge on any atom is 0.243 e. The fourth-order valence-corrected chi connectivity index (χ4v) is 6.42. The molecule has 1 amide bonds. The summed E-state index contributed by atoms with van der Waals surface area (Å²) in [4.78, 5) is 19.4. The number of sulfonamides is 1. The van der Waals surface area contributed by atoms with Gasteiger partial charge in [-0.15, -0.1) is 22.7 Å². The van der Waals surface area contributed by atoms with Crippen LogP contribution in [0.1, 0.15) is 17.7 Å². The standard InChI is InChI=1S/C20H20FN3O3S3/c1-13-2-7-18(29-13)17-12-28-20(22-17)23-19(25)14-8-10-24(11-9-14)30(26,27)16-5-3-15(21)4-6-16/h2-7,12,14H,8-11H2,1H3,(H,22,23,25). The zero-order valence-corrected chi connectivity index (χ0v) is 18.6. The molecule has 0 radical (unpaired) electrons. The van der Waals surface area contributed by atoms with Gasteiger partial charge in [-0.3, -0.25) is 4.79 Å². The van der Waals surface area contributed by atoms with Crippen molar-refractivity contribution in [1.82, 2.24) is 9.29 Å².